The lowest BCUT2D eigenvalue weighted by molar-refractivity contribution is -0.133. The number of carbonyl (C=O) groups excluding carboxylic acids is 2. The fourth-order valence-corrected chi connectivity index (χ4v) is 2.80. The lowest BCUT2D eigenvalue weighted by atomic mass is 9.93. The molecule has 14 heavy (non-hydrogen) atoms. The molecule has 1 saturated heterocycles. The standard InChI is InChI=1S/C10H11NO2S/c1-6-2-3-14-10(6)7-4-8(12)11-9(13)5-7/h2-3,7H,4-5H2,1H3,(H,11,12,13). The molecule has 3 nitrogen and oxygen atoms in total. The van der Waals surface area contributed by atoms with Gasteiger partial charge in [0.15, 0.2) is 0 Å². The Morgan fingerprint density at radius 3 is 2.50 bits per heavy atom. The summed E-state index contributed by atoms with van der Waals surface area (Å²) >= 11 is 1.63. The summed E-state index contributed by atoms with van der Waals surface area (Å²) in [5.74, 6) is -0.214. The van der Waals surface area contributed by atoms with E-state index in [9.17, 15) is 9.59 Å². The maximum absolute atomic E-state index is 11.2. The van der Waals surface area contributed by atoms with Crippen LogP contribution < -0.4 is 5.32 Å². The summed E-state index contributed by atoms with van der Waals surface area (Å²) in [6.45, 7) is 2.02. The lowest BCUT2D eigenvalue weighted by Crippen LogP contribution is -2.37. The Bertz CT molecular complexity index is 367. The first kappa shape index (κ1) is 9.40. The number of aryl methyl sites for hydroxylation is 1. The predicted octanol–water partition coefficient (Wildman–Crippen LogP) is 1.58. The van der Waals surface area contributed by atoms with Gasteiger partial charge in [-0.05, 0) is 23.9 Å². The van der Waals surface area contributed by atoms with Crippen LogP contribution in [-0.2, 0) is 9.59 Å². The highest BCUT2D eigenvalue weighted by molar-refractivity contribution is 7.10. The SMILES string of the molecule is Cc1ccsc1C1CC(=O)NC(=O)C1. The first-order valence-corrected chi connectivity index (χ1v) is 5.41. The summed E-state index contributed by atoms with van der Waals surface area (Å²) in [5.41, 5.74) is 1.18. The second kappa shape index (κ2) is 3.53. The molecule has 0 saturated carbocycles. The fourth-order valence-electron chi connectivity index (χ4n) is 1.77. The highest BCUT2D eigenvalue weighted by Crippen LogP contribution is 2.32. The van der Waals surface area contributed by atoms with Crippen molar-refractivity contribution in [3.63, 3.8) is 0 Å². The Balaban J connectivity index is 2.23. The van der Waals surface area contributed by atoms with Crippen molar-refractivity contribution in [3.05, 3.63) is 21.9 Å². The molecule has 1 aromatic rings. The minimum atomic E-state index is -0.154. The van der Waals surface area contributed by atoms with Gasteiger partial charge < -0.3 is 0 Å². The molecular formula is C10H11NO2S. The average Bonchev–Trinajstić information content (AvgIpc) is 2.49. The van der Waals surface area contributed by atoms with E-state index in [0.717, 1.165) is 0 Å². The third kappa shape index (κ3) is 1.70. The second-order valence-corrected chi connectivity index (χ2v) is 4.49. The van der Waals surface area contributed by atoms with E-state index in [1.807, 2.05) is 18.4 Å². The molecule has 0 bridgehead atoms. The van der Waals surface area contributed by atoms with Crippen LogP contribution in [0.15, 0.2) is 11.4 Å². The van der Waals surface area contributed by atoms with Gasteiger partial charge in [0, 0.05) is 23.6 Å². The molecule has 2 heterocycles. The molecule has 0 radical (unpaired) electrons. The fraction of sp³-hybridized carbons (Fsp3) is 0.400. The zero-order valence-electron chi connectivity index (χ0n) is 7.87. The van der Waals surface area contributed by atoms with Crippen molar-refractivity contribution in [3.8, 4) is 0 Å². The van der Waals surface area contributed by atoms with Gasteiger partial charge in [0.2, 0.25) is 11.8 Å². The second-order valence-electron chi connectivity index (χ2n) is 3.54. The van der Waals surface area contributed by atoms with Crippen LogP contribution in [0.3, 0.4) is 0 Å². The minimum Gasteiger partial charge on any atom is -0.296 e. The van der Waals surface area contributed by atoms with Crippen molar-refractivity contribution in [1.82, 2.24) is 5.32 Å². The van der Waals surface area contributed by atoms with Crippen LogP contribution in [0, 0.1) is 6.92 Å². The van der Waals surface area contributed by atoms with Crippen LogP contribution in [0.4, 0.5) is 0 Å². The molecule has 2 amide bonds. The largest absolute Gasteiger partial charge is 0.296 e. The van der Waals surface area contributed by atoms with E-state index >= 15 is 0 Å². The number of carbonyl (C=O) groups is 2. The van der Waals surface area contributed by atoms with Crippen LogP contribution in [0.2, 0.25) is 0 Å². The Labute approximate surface area is 86.1 Å². The topological polar surface area (TPSA) is 46.2 Å². The summed E-state index contributed by atoms with van der Waals surface area (Å²) in [5, 5.41) is 4.32. The van der Waals surface area contributed by atoms with Crippen LogP contribution in [0.5, 0.6) is 0 Å². The first-order valence-electron chi connectivity index (χ1n) is 4.53. The third-order valence-electron chi connectivity index (χ3n) is 2.41. The number of thiophene rings is 1. The van der Waals surface area contributed by atoms with Crippen molar-refractivity contribution in [2.75, 3.05) is 0 Å². The van der Waals surface area contributed by atoms with E-state index in [0.29, 0.717) is 12.8 Å². The van der Waals surface area contributed by atoms with Crippen LogP contribution in [0.1, 0.15) is 29.2 Å². The normalized spacial score (nSPS) is 18.4. The van der Waals surface area contributed by atoms with Gasteiger partial charge in [-0.25, -0.2) is 0 Å². The quantitative estimate of drug-likeness (QED) is 0.714. The number of amides is 2. The van der Waals surface area contributed by atoms with Gasteiger partial charge in [-0.1, -0.05) is 0 Å². The number of rotatable bonds is 1. The summed E-state index contributed by atoms with van der Waals surface area (Å²) in [6, 6.07) is 2.02. The number of piperidine rings is 1. The summed E-state index contributed by atoms with van der Waals surface area (Å²) in [6.07, 6.45) is 0.875. The molecule has 0 unspecified atom stereocenters. The average molecular weight is 209 g/mol. The highest BCUT2D eigenvalue weighted by atomic mass is 32.1. The van der Waals surface area contributed by atoms with Gasteiger partial charge in [0.25, 0.3) is 0 Å². The smallest absolute Gasteiger partial charge is 0.227 e. The van der Waals surface area contributed by atoms with Crippen LogP contribution >= 0.6 is 11.3 Å². The molecular weight excluding hydrogens is 198 g/mol. The number of nitrogens with one attached hydrogen (secondary N) is 1. The van der Waals surface area contributed by atoms with E-state index in [4.69, 9.17) is 0 Å². The summed E-state index contributed by atoms with van der Waals surface area (Å²) in [7, 11) is 0. The van der Waals surface area contributed by atoms with Crippen LogP contribution in [0.25, 0.3) is 0 Å². The van der Waals surface area contributed by atoms with Crippen molar-refractivity contribution < 1.29 is 9.59 Å². The van der Waals surface area contributed by atoms with Gasteiger partial charge in [-0.2, -0.15) is 0 Å². The molecule has 2 rings (SSSR count). The number of imide groups is 1. The van der Waals surface area contributed by atoms with Crippen molar-refractivity contribution in [1.29, 1.82) is 0 Å². The van der Waals surface area contributed by atoms with E-state index < -0.39 is 0 Å². The van der Waals surface area contributed by atoms with Gasteiger partial charge in [-0.15, -0.1) is 11.3 Å². The monoisotopic (exact) mass is 209 g/mol. The maximum atomic E-state index is 11.2. The Morgan fingerprint density at radius 2 is 2.00 bits per heavy atom. The molecule has 1 aliphatic rings. The molecule has 0 spiro atoms. The summed E-state index contributed by atoms with van der Waals surface area (Å²) in [4.78, 5) is 23.5. The Kier molecular flexibility index (Phi) is 2.37. The number of hydrogen-bond acceptors (Lipinski definition) is 3. The molecule has 0 aromatic carbocycles. The van der Waals surface area contributed by atoms with E-state index in [1.165, 1.54) is 10.4 Å². The van der Waals surface area contributed by atoms with Gasteiger partial charge >= 0.3 is 0 Å². The van der Waals surface area contributed by atoms with Gasteiger partial charge in [-0.3, -0.25) is 14.9 Å². The molecule has 1 aliphatic heterocycles. The van der Waals surface area contributed by atoms with Crippen molar-refractivity contribution in [2.45, 2.75) is 25.7 Å². The summed E-state index contributed by atoms with van der Waals surface area (Å²) < 4.78 is 0. The molecule has 4 heteroatoms. The predicted molar refractivity (Wildman–Crippen MR) is 54.2 cm³/mol. The Hall–Kier alpha value is -1.16. The molecule has 1 N–H and O–H groups in total. The minimum absolute atomic E-state index is 0.0937. The Morgan fingerprint density at radius 1 is 1.36 bits per heavy atom. The molecule has 1 aromatic heterocycles. The highest BCUT2D eigenvalue weighted by Gasteiger charge is 2.27. The van der Waals surface area contributed by atoms with E-state index in [1.54, 1.807) is 11.3 Å². The maximum Gasteiger partial charge on any atom is 0.227 e. The number of hydrogen-bond donors (Lipinski definition) is 1. The molecule has 0 atom stereocenters. The zero-order valence-corrected chi connectivity index (χ0v) is 8.69. The molecule has 74 valence electrons. The zero-order chi connectivity index (χ0) is 10.1. The van der Waals surface area contributed by atoms with Crippen LogP contribution in [-0.4, -0.2) is 11.8 Å². The van der Waals surface area contributed by atoms with E-state index in [-0.39, 0.29) is 17.7 Å². The first-order chi connectivity index (χ1) is 6.66. The molecule has 0 aliphatic carbocycles. The van der Waals surface area contributed by atoms with Gasteiger partial charge in [0.1, 0.15) is 0 Å². The van der Waals surface area contributed by atoms with Crippen molar-refractivity contribution in [2.24, 2.45) is 0 Å². The lowest BCUT2D eigenvalue weighted by Gasteiger charge is -2.20. The third-order valence-corrected chi connectivity index (χ3v) is 3.60. The van der Waals surface area contributed by atoms with Crippen molar-refractivity contribution >= 4 is 23.2 Å². The van der Waals surface area contributed by atoms with Gasteiger partial charge in [0.05, 0.1) is 0 Å². The van der Waals surface area contributed by atoms with E-state index in [2.05, 4.69) is 5.32 Å². The molecule has 1 fully saturated rings.